The van der Waals surface area contributed by atoms with Crippen molar-refractivity contribution in [2.24, 2.45) is 0 Å². The fraction of sp³-hybridized carbons (Fsp3) is 0.0492. The van der Waals surface area contributed by atoms with E-state index >= 15 is 0 Å². The molecule has 0 saturated heterocycles. The molecule has 2 aliphatic heterocycles. The van der Waals surface area contributed by atoms with Crippen molar-refractivity contribution in [2.45, 2.75) is 38.5 Å². The lowest BCUT2D eigenvalue weighted by Crippen LogP contribution is -2.30. The summed E-state index contributed by atoms with van der Waals surface area (Å²) in [6.07, 6.45) is 0. The number of nitrogens with zero attached hydrogens (tertiary/aromatic N) is 6. The highest BCUT2D eigenvalue weighted by Crippen LogP contribution is 2.54. The molecule has 0 saturated carbocycles. The van der Waals surface area contributed by atoms with Crippen molar-refractivity contribution < 1.29 is 0 Å². The largest absolute Gasteiger partial charge is 0.310 e. The summed E-state index contributed by atoms with van der Waals surface area (Å²) in [4.78, 5) is 113. The van der Waals surface area contributed by atoms with Gasteiger partial charge in [0.15, 0.2) is 43.4 Å². The minimum atomic E-state index is -0.194. The van der Waals surface area contributed by atoms with Crippen LogP contribution in [0.4, 0.5) is 34.1 Å². The van der Waals surface area contributed by atoms with E-state index in [1.165, 1.54) is 22.3 Å². The fourth-order valence-corrected chi connectivity index (χ4v) is 22.1. The number of rotatable bonds is 4. The van der Waals surface area contributed by atoms with Gasteiger partial charge in [0.2, 0.25) is 0 Å². The zero-order chi connectivity index (χ0) is 92.0. The Kier molecular flexibility index (Phi) is 17.9. The molecule has 18 aromatic carbocycles. The molecule has 14 nitrogen and oxygen atoms in total. The molecule has 136 heavy (non-hydrogen) atoms. The molecular formula is C122H78N6O8. The highest BCUT2D eigenvalue weighted by atomic mass is 16.1. The summed E-state index contributed by atoms with van der Waals surface area (Å²) in [6.45, 7) is 9.10. The molecule has 0 atom stereocenters. The number of hydrogen-bond acceptors (Lipinski definition) is 10. The van der Waals surface area contributed by atoms with Crippen molar-refractivity contribution in [1.82, 2.24) is 17.6 Å². The van der Waals surface area contributed by atoms with Crippen LogP contribution >= 0.6 is 0 Å². The number of hydrogen-bond donors (Lipinski definition) is 0. The van der Waals surface area contributed by atoms with Crippen molar-refractivity contribution in [3.8, 4) is 22.3 Å². The third-order valence-electron chi connectivity index (χ3n) is 28.4. The SMILES string of the molecule is CC1(C)c2ccccc2N(c2ccc3c(c2)c(=O)c2cccc4c(=O)c5cc(N6c7ccccc7C(C)(C)c7ccccc76)ccc5n3c24)c2ccccc21.O=c1c2ccccc2n2c3ccc(-c4ccccc4)cc3c(=O)c3cccc1c32.O=c1c2ccccc2n2c3ccccc3c(=O)c3cc(-c4ccccc4)cc1c32.O=c1c2ccccc2n2c3ccccc3c(=O)c3cccc1c32. The van der Waals surface area contributed by atoms with Gasteiger partial charge in [0.25, 0.3) is 0 Å². The smallest absolute Gasteiger partial charge is 0.197 e. The van der Waals surface area contributed by atoms with E-state index < -0.39 is 0 Å². The quantitative estimate of drug-likeness (QED) is 0.123. The van der Waals surface area contributed by atoms with E-state index in [-0.39, 0.29) is 54.3 Å². The summed E-state index contributed by atoms with van der Waals surface area (Å²) < 4.78 is 8.30. The number of pyridine rings is 8. The first-order valence-electron chi connectivity index (χ1n) is 45.5. The average molecular weight is 1760 g/mol. The molecule has 0 spiro atoms. The van der Waals surface area contributed by atoms with Crippen molar-refractivity contribution in [3.63, 3.8) is 0 Å². The number of para-hydroxylation sites is 12. The van der Waals surface area contributed by atoms with Gasteiger partial charge in [-0.25, -0.2) is 0 Å². The molecule has 0 radical (unpaired) electrons. The van der Waals surface area contributed by atoms with Crippen LogP contribution in [-0.4, -0.2) is 17.6 Å². The third kappa shape index (κ3) is 11.7. The van der Waals surface area contributed by atoms with E-state index in [2.05, 4.69) is 172 Å². The summed E-state index contributed by atoms with van der Waals surface area (Å²) in [5.41, 5.74) is 23.5. The number of aromatic nitrogens is 4. The van der Waals surface area contributed by atoms with Crippen LogP contribution in [0.25, 0.3) is 175 Å². The van der Waals surface area contributed by atoms with Crippen molar-refractivity contribution in [3.05, 3.63) is 504 Å². The topological polar surface area (TPSA) is 161 Å². The lowest BCUT2D eigenvalue weighted by molar-refractivity contribution is 0.632. The molecule has 0 N–H and O–H groups in total. The van der Waals surface area contributed by atoms with Crippen LogP contribution in [0.2, 0.25) is 0 Å². The molecule has 26 aromatic rings. The zero-order valence-corrected chi connectivity index (χ0v) is 74.1. The van der Waals surface area contributed by atoms with Crippen LogP contribution < -0.4 is 53.2 Å². The van der Waals surface area contributed by atoms with Crippen LogP contribution in [-0.2, 0) is 10.8 Å². The van der Waals surface area contributed by atoms with Crippen molar-refractivity contribution in [2.75, 3.05) is 9.80 Å². The highest BCUT2D eigenvalue weighted by molar-refractivity contribution is 6.14. The Labute approximate surface area is 774 Å². The Morgan fingerprint density at radius 3 is 0.684 bits per heavy atom. The van der Waals surface area contributed by atoms with E-state index in [9.17, 15) is 38.4 Å². The maximum atomic E-state index is 14.6. The standard InChI is InChI=1S/C50H37N3O2.2C26H15NO2.C20H11NO2/c1-49(2)36-16-5-9-20-42(36)51(43-21-10-6-17-37(43)49)30-24-26-40-34(28-30)47(54)32-14-13-15-33-46(32)53(40)41-27-25-31(29-35(41)48(33)55)52-44-22-11-7-18-38(44)50(3,4)39-19-8-12-23-45(39)52;28-25-18-10-4-6-12-22(18)27-23-13-7-5-11-19(23)26(29)21-15-17(14-20(25)24(21)27)16-8-2-1-3-9-16;28-25-18-9-4-5-12-22(18)27-23-14-13-17(16-7-2-1-3-8-16)15-21(23)26(29)20-11-6-10-19(25)24(20)27;22-19-12-6-1-3-10-16(12)21-17-11-4-2-7-13(17)20(23)15-9-5-8-14(19)18(15)21/h5-29H,1-4H3;2*1-15H;1-11H. The van der Waals surface area contributed by atoms with Crippen LogP contribution in [0.1, 0.15) is 49.9 Å². The van der Waals surface area contributed by atoms with E-state index in [1.807, 2.05) is 253 Å². The Bertz CT molecular complexity index is 9670. The van der Waals surface area contributed by atoms with Gasteiger partial charge in [0, 0.05) is 108 Å². The first-order valence-corrected chi connectivity index (χ1v) is 45.5. The first kappa shape index (κ1) is 80.2. The van der Waals surface area contributed by atoms with Gasteiger partial charge in [-0.1, -0.05) is 246 Å². The summed E-state index contributed by atoms with van der Waals surface area (Å²) >= 11 is 0. The lowest BCUT2D eigenvalue weighted by Gasteiger charge is -2.42. The predicted molar refractivity (Wildman–Crippen MR) is 559 cm³/mol. The number of fused-ring (bicyclic) bond motifs is 20. The Hall–Kier alpha value is -17.9. The molecule has 0 fully saturated rings. The second-order valence-corrected chi connectivity index (χ2v) is 36.4. The average Bonchev–Trinajstić information content (AvgIpc) is 0.703. The third-order valence-corrected chi connectivity index (χ3v) is 28.4. The van der Waals surface area contributed by atoms with E-state index in [1.54, 1.807) is 30.3 Å². The summed E-state index contributed by atoms with van der Waals surface area (Å²) in [5, 5.41) is 9.70. The highest BCUT2D eigenvalue weighted by Gasteiger charge is 2.39. The molecule has 0 amide bonds. The first-order chi connectivity index (χ1) is 66.4. The summed E-state index contributed by atoms with van der Waals surface area (Å²) in [5.74, 6) is 0. The van der Waals surface area contributed by atoms with Gasteiger partial charge < -0.3 is 27.4 Å². The van der Waals surface area contributed by atoms with E-state index in [0.717, 1.165) is 101 Å². The zero-order valence-electron chi connectivity index (χ0n) is 74.1. The lowest BCUT2D eigenvalue weighted by atomic mass is 9.73. The maximum absolute atomic E-state index is 14.6. The molecule has 644 valence electrons. The predicted octanol–water partition coefficient (Wildman–Crippen LogP) is 25.8. The minimum absolute atomic E-state index is 0.0270. The maximum Gasteiger partial charge on any atom is 0.197 e. The van der Waals surface area contributed by atoms with Crippen molar-refractivity contribution in [1.29, 1.82) is 0 Å². The monoisotopic (exact) mass is 1750 g/mol. The summed E-state index contributed by atoms with van der Waals surface area (Å²) in [6, 6.07) is 131. The molecule has 14 heteroatoms. The Balaban J connectivity index is 0.000000103. The van der Waals surface area contributed by atoms with Crippen LogP contribution in [0.5, 0.6) is 0 Å². The number of anilines is 6. The van der Waals surface area contributed by atoms with Gasteiger partial charge in [-0.2, -0.15) is 0 Å². The Morgan fingerprint density at radius 2 is 0.375 bits per heavy atom. The molecular weight excluding hydrogens is 1680 g/mol. The van der Waals surface area contributed by atoms with Gasteiger partial charge in [-0.15, -0.1) is 0 Å². The molecule has 28 rings (SSSR count). The van der Waals surface area contributed by atoms with E-state index in [0.29, 0.717) is 108 Å². The molecule has 8 aromatic heterocycles. The molecule has 0 unspecified atom stereocenters. The van der Waals surface area contributed by atoms with Crippen molar-refractivity contribution >= 4 is 187 Å². The van der Waals surface area contributed by atoms with Gasteiger partial charge in [-0.05, 0) is 226 Å². The normalized spacial score (nSPS) is 13.2. The van der Waals surface area contributed by atoms with Gasteiger partial charge in [0.05, 0.1) is 88.9 Å². The molecule has 2 aliphatic rings. The summed E-state index contributed by atoms with van der Waals surface area (Å²) in [7, 11) is 0. The van der Waals surface area contributed by atoms with Gasteiger partial charge >= 0.3 is 0 Å². The van der Waals surface area contributed by atoms with Crippen LogP contribution in [0.15, 0.2) is 439 Å². The molecule has 0 bridgehead atoms. The van der Waals surface area contributed by atoms with Crippen LogP contribution in [0.3, 0.4) is 0 Å². The van der Waals surface area contributed by atoms with Gasteiger partial charge in [-0.3, -0.25) is 38.4 Å². The Morgan fingerprint density at radius 1 is 0.162 bits per heavy atom. The fourth-order valence-electron chi connectivity index (χ4n) is 22.1. The van der Waals surface area contributed by atoms with E-state index in [4.69, 9.17) is 0 Å². The van der Waals surface area contributed by atoms with Gasteiger partial charge in [0.1, 0.15) is 0 Å². The minimum Gasteiger partial charge on any atom is -0.310 e. The second kappa shape index (κ2) is 30.3. The number of benzene rings is 18. The molecule has 0 aliphatic carbocycles. The second-order valence-electron chi connectivity index (χ2n) is 36.4. The van der Waals surface area contributed by atoms with Crippen LogP contribution in [0, 0.1) is 0 Å². The molecule has 10 heterocycles.